The summed E-state index contributed by atoms with van der Waals surface area (Å²) in [7, 11) is 1.64. The summed E-state index contributed by atoms with van der Waals surface area (Å²) in [5.74, 6) is 1.21. The van der Waals surface area contributed by atoms with Crippen molar-refractivity contribution in [1.82, 2.24) is 10.2 Å². The summed E-state index contributed by atoms with van der Waals surface area (Å²) < 4.78 is 10.1. The van der Waals surface area contributed by atoms with Crippen molar-refractivity contribution in [3.63, 3.8) is 0 Å². The molecule has 0 unspecified atom stereocenters. The smallest absolute Gasteiger partial charge is 0.218 e. The summed E-state index contributed by atoms with van der Waals surface area (Å²) in [4.78, 5) is 0. The van der Waals surface area contributed by atoms with Crippen LogP contribution >= 0.6 is 0 Å². The molecule has 2 N–H and O–H groups in total. The fourth-order valence-corrected chi connectivity index (χ4v) is 0.803. The molecular formula is C7H13N3O2. The number of hydrogen-bond acceptors (Lipinski definition) is 5. The fraction of sp³-hybridized carbons (Fsp3) is 0.714. The van der Waals surface area contributed by atoms with Crippen molar-refractivity contribution in [3.8, 4) is 0 Å². The molecule has 12 heavy (non-hydrogen) atoms. The molecule has 0 aromatic carbocycles. The summed E-state index contributed by atoms with van der Waals surface area (Å²) >= 11 is 0. The Balaban J connectivity index is 2.41. The summed E-state index contributed by atoms with van der Waals surface area (Å²) in [6.45, 7) is 1.14. The zero-order chi connectivity index (χ0) is 8.81. The van der Waals surface area contributed by atoms with Crippen LogP contribution < -0.4 is 5.73 Å². The van der Waals surface area contributed by atoms with Gasteiger partial charge in [0.25, 0.3) is 0 Å². The molecule has 1 rings (SSSR count). The van der Waals surface area contributed by atoms with Gasteiger partial charge < -0.3 is 14.9 Å². The van der Waals surface area contributed by atoms with E-state index in [1.165, 1.54) is 0 Å². The monoisotopic (exact) mass is 171 g/mol. The Morgan fingerprint density at radius 2 is 2.00 bits per heavy atom. The van der Waals surface area contributed by atoms with Crippen LogP contribution in [0.5, 0.6) is 0 Å². The van der Waals surface area contributed by atoms with Gasteiger partial charge in [0.05, 0.1) is 6.61 Å². The zero-order valence-electron chi connectivity index (χ0n) is 7.12. The van der Waals surface area contributed by atoms with Crippen molar-refractivity contribution < 1.29 is 9.15 Å². The van der Waals surface area contributed by atoms with Crippen LogP contribution in [0.2, 0.25) is 0 Å². The highest BCUT2D eigenvalue weighted by Gasteiger charge is 2.03. The molecule has 0 atom stereocenters. The van der Waals surface area contributed by atoms with Gasteiger partial charge in [-0.25, -0.2) is 0 Å². The SMILES string of the molecule is COCCc1nnc(CCN)o1. The van der Waals surface area contributed by atoms with Crippen molar-refractivity contribution in [3.05, 3.63) is 11.8 Å². The molecule has 1 aromatic heterocycles. The third kappa shape index (κ3) is 2.60. The number of rotatable bonds is 5. The Labute approximate surface area is 70.9 Å². The quantitative estimate of drug-likeness (QED) is 0.661. The second-order valence-corrected chi connectivity index (χ2v) is 2.37. The van der Waals surface area contributed by atoms with Crippen molar-refractivity contribution in [2.75, 3.05) is 20.3 Å². The molecule has 0 saturated carbocycles. The Morgan fingerprint density at radius 1 is 1.33 bits per heavy atom. The first kappa shape index (κ1) is 9.15. The average molecular weight is 171 g/mol. The molecule has 0 saturated heterocycles. The Bertz CT molecular complexity index is 224. The van der Waals surface area contributed by atoms with E-state index in [2.05, 4.69) is 10.2 Å². The first-order chi connectivity index (χ1) is 5.86. The van der Waals surface area contributed by atoms with Crippen molar-refractivity contribution >= 4 is 0 Å². The molecule has 0 aliphatic carbocycles. The van der Waals surface area contributed by atoms with Gasteiger partial charge in [-0.1, -0.05) is 0 Å². The highest BCUT2D eigenvalue weighted by atomic mass is 16.5. The van der Waals surface area contributed by atoms with E-state index in [1.54, 1.807) is 7.11 Å². The van der Waals surface area contributed by atoms with E-state index in [0.29, 0.717) is 37.8 Å². The lowest BCUT2D eigenvalue weighted by molar-refractivity contribution is 0.194. The number of nitrogens with two attached hydrogens (primary N) is 1. The van der Waals surface area contributed by atoms with Gasteiger partial charge >= 0.3 is 0 Å². The Kier molecular flexibility index (Phi) is 3.69. The maximum Gasteiger partial charge on any atom is 0.218 e. The summed E-state index contributed by atoms with van der Waals surface area (Å²) in [5, 5.41) is 7.63. The van der Waals surface area contributed by atoms with Gasteiger partial charge in [-0.05, 0) is 0 Å². The molecule has 0 amide bonds. The topological polar surface area (TPSA) is 74.2 Å². The molecule has 5 heteroatoms. The van der Waals surface area contributed by atoms with Crippen molar-refractivity contribution in [2.45, 2.75) is 12.8 Å². The molecule has 1 aromatic rings. The minimum absolute atomic E-state index is 0.534. The summed E-state index contributed by atoms with van der Waals surface area (Å²) in [6, 6.07) is 0. The Morgan fingerprint density at radius 3 is 2.58 bits per heavy atom. The minimum atomic E-state index is 0.534. The van der Waals surface area contributed by atoms with Gasteiger partial charge in [0.15, 0.2) is 0 Å². The molecule has 68 valence electrons. The molecular weight excluding hydrogens is 158 g/mol. The average Bonchev–Trinajstić information content (AvgIpc) is 2.50. The number of nitrogens with zero attached hydrogens (tertiary/aromatic N) is 2. The number of ether oxygens (including phenoxy) is 1. The molecule has 0 aliphatic rings. The molecule has 0 fully saturated rings. The lowest BCUT2D eigenvalue weighted by Crippen LogP contribution is -2.02. The van der Waals surface area contributed by atoms with Crippen LogP contribution in [0.25, 0.3) is 0 Å². The standard InChI is InChI=1S/C7H13N3O2/c1-11-5-3-7-10-9-6(12-7)2-4-8/h2-5,8H2,1H3. The van der Waals surface area contributed by atoms with E-state index in [0.717, 1.165) is 0 Å². The Hall–Kier alpha value is -0.940. The molecule has 0 aliphatic heterocycles. The van der Waals surface area contributed by atoms with E-state index in [1.807, 2.05) is 0 Å². The molecule has 0 spiro atoms. The number of hydrogen-bond donors (Lipinski definition) is 1. The first-order valence-corrected chi connectivity index (χ1v) is 3.87. The van der Waals surface area contributed by atoms with Gasteiger partial charge in [-0.2, -0.15) is 0 Å². The normalized spacial score (nSPS) is 10.5. The first-order valence-electron chi connectivity index (χ1n) is 3.87. The fourth-order valence-electron chi connectivity index (χ4n) is 0.803. The van der Waals surface area contributed by atoms with E-state index in [9.17, 15) is 0 Å². The lowest BCUT2D eigenvalue weighted by Gasteiger charge is -1.91. The third-order valence-corrected chi connectivity index (χ3v) is 1.39. The molecule has 5 nitrogen and oxygen atoms in total. The lowest BCUT2D eigenvalue weighted by atomic mass is 10.4. The summed E-state index contributed by atoms with van der Waals surface area (Å²) in [6.07, 6.45) is 1.30. The van der Waals surface area contributed by atoms with E-state index in [-0.39, 0.29) is 0 Å². The van der Waals surface area contributed by atoms with Crippen LogP contribution in [0, 0.1) is 0 Å². The maximum atomic E-state index is 5.32. The highest BCUT2D eigenvalue weighted by molar-refractivity contribution is 4.82. The molecule has 1 heterocycles. The van der Waals surface area contributed by atoms with Gasteiger partial charge in [0.2, 0.25) is 11.8 Å². The van der Waals surface area contributed by atoms with Gasteiger partial charge in [-0.3, -0.25) is 0 Å². The number of methoxy groups -OCH3 is 1. The molecule has 0 bridgehead atoms. The highest BCUT2D eigenvalue weighted by Crippen LogP contribution is 2.00. The van der Waals surface area contributed by atoms with Crippen LogP contribution in [0.1, 0.15) is 11.8 Å². The zero-order valence-corrected chi connectivity index (χ0v) is 7.12. The predicted molar refractivity (Wildman–Crippen MR) is 42.6 cm³/mol. The van der Waals surface area contributed by atoms with Crippen LogP contribution in [0.15, 0.2) is 4.42 Å². The van der Waals surface area contributed by atoms with Crippen molar-refractivity contribution in [2.24, 2.45) is 5.73 Å². The van der Waals surface area contributed by atoms with Gasteiger partial charge in [0, 0.05) is 26.5 Å². The van der Waals surface area contributed by atoms with Crippen LogP contribution in [0.4, 0.5) is 0 Å². The second kappa shape index (κ2) is 4.84. The largest absolute Gasteiger partial charge is 0.425 e. The maximum absolute atomic E-state index is 5.32. The van der Waals surface area contributed by atoms with Crippen LogP contribution in [-0.2, 0) is 17.6 Å². The van der Waals surface area contributed by atoms with Gasteiger partial charge in [0.1, 0.15) is 0 Å². The predicted octanol–water partition coefficient (Wildman–Crippen LogP) is -0.240. The van der Waals surface area contributed by atoms with Gasteiger partial charge in [-0.15, -0.1) is 10.2 Å². The van der Waals surface area contributed by atoms with Crippen LogP contribution in [-0.4, -0.2) is 30.5 Å². The third-order valence-electron chi connectivity index (χ3n) is 1.39. The van der Waals surface area contributed by atoms with Crippen LogP contribution in [0.3, 0.4) is 0 Å². The minimum Gasteiger partial charge on any atom is -0.425 e. The van der Waals surface area contributed by atoms with E-state index in [4.69, 9.17) is 14.9 Å². The number of aromatic nitrogens is 2. The van der Waals surface area contributed by atoms with Crippen molar-refractivity contribution in [1.29, 1.82) is 0 Å². The molecule has 0 radical (unpaired) electrons. The second-order valence-electron chi connectivity index (χ2n) is 2.37. The van der Waals surface area contributed by atoms with E-state index >= 15 is 0 Å². The summed E-state index contributed by atoms with van der Waals surface area (Å²) in [5.41, 5.74) is 5.32. The van der Waals surface area contributed by atoms with E-state index < -0.39 is 0 Å².